The number of hydrogen-bond donors (Lipinski definition) is 2. The topological polar surface area (TPSA) is 56.3 Å². The Kier molecular flexibility index (Phi) is 6.87. The van der Waals surface area contributed by atoms with E-state index in [2.05, 4.69) is 85.3 Å². The Morgan fingerprint density at radius 3 is 2.58 bits per heavy atom. The summed E-state index contributed by atoms with van der Waals surface area (Å²) in [4.78, 5) is 18.8. The number of aliphatic hydroxyl groups excluding tert-OH is 1. The molecule has 1 saturated heterocycles. The molecule has 1 aliphatic carbocycles. The van der Waals surface area contributed by atoms with Crippen LogP contribution in [0, 0.1) is 5.41 Å². The predicted molar refractivity (Wildman–Crippen MR) is 137 cm³/mol. The van der Waals surface area contributed by atoms with Gasteiger partial charge in [0.25, 0.3) is 0 Å². The Morgan fingerprint density at radius 1 is 1.06 bits per heavy atom. The molecule has 4 nitrogen and oxygen atoms in total. The number of benzene rings is 2. The first-order valence-electron chi connectivity index (χ1n) is 12.1. The summed E-state index contributed by atoms with van der Waals surface area (Å²) in [5.41, 5.74) is 6.82. The Morgan fingerprint density at radius 2 is 1.82 bits per heavy atom. The molecule has 1 aromatic heterocycles. The first-order valence-corrected chi connectivity index (χ1v) is 12.1. The molecule has 0 spiro atoms. The molecule has 1 aliphatic heterocycles. The maximum atomic E-state index is 12.6. The van der Waals surface area contributed by atoms with Crippen LogP contribution < -0.4 is 0 Å². The summed E-state index contributed by atoms with van der Waals surface area (Å²) in [5.74, 6) is 0.262. The molecule has 1 atom stereocenters. The monoisotopic (exact) mass is 444 g/mol. The highest BCUT2D eigenvalue weighted by atomic mass is 16.2. The standard InChI is InChI=1S/C28H32N2O.CH4O/c1-19-6-5-13-30(19)18-24-16-23-15-21(9-10-26(23)29-24)20-7-4-8-22(14-20)25-17-28(2,3)12-11-27(25)31;1-2/h4,7-10,14-17,19,29H,5-6,11-13,18H2,1-3H3;2H,1H3. The van der Waals surface area contributed by atoms with E-state index >= 15 is 0 Å². The lowest BCUT2D eigenvalue weighted by atomic mass is 9.77. The normalized spacial score (nSPS) is 20.5. The summed E-state index contributed by atoms with van der Waals surface area (Å²) < 4.78 is 0. The minimum atomic E-state index is 0.0759. The number of allylic oxidation sites excluding steroid dienone is 2. The smallest absolute Gasteiger partial charge is 0.163 e. The van der Waals surface area contributed by atoms with Gasteiger partial charge in [-0.25, -0.2) is 0 Å². The summed E-state index contributed by atoms with van der Waals surface area (Å²) in [6.07, 6.45) is 6.34. The average Bonchev–Trinajstić information content (AvgIpc) is 3.41. The molecule has 0 radical (unpaired) electrons. The molecule has 2 aromatic carbocycles. The third-order valence-electron chi connectivity index (χ3n) is 7.08. The van der Waals surface area contributed by atoms with Crippen molar-refractivity contribution in [3.63, 3.8) is 0 Å². The van der Waals surface area contributed by atoms with Crippen molar-refractivity contribution in [2.75, 3.05) is 13.7 Å². The molecule has 0 bridgehead atoms. The van der Waals surface area contributed by atoms with Gasteiger partial charge < -0.3 is 10.1 Å². The van der Waals surface area contributed by atoms with E-state index in [1.165, 1.54) is 41.5 Å². The van der Waals surface area contributed by atoms with E-state index in [4.69, 9.17) is 5.11 Å². The second-order valence-electron chi connectivity index (χ2n) is 10.1. The van der Waals surface area contributed by atoms with Gasteiger partial charge in [0.2, 0.25) is 0 Å². The third kappa shape index (κ3) is 5.13. The van der Waals surface area contributed by atoms with Crippen LogP contribution in [-0.2, 0) is 11.3 Å². The average molecular weight is 445 g/mol. The quantitative estimate of drug-likeness (QED) is 0.504. The van der Waals surface area contributed by atoms with Crippen LogP contribution in [0.1, 0.15) is 57.7 Å². The van der Waals surface area contributed by atoms with E-state index in [-0.39, 0.29) is 11.2 Å². The minimum absolute atomic E-state index is 0.0759. The van der Waals surface area contributed by atoms with Gasteiger partial charge in [-0.3, -0.25) is 9.69 Å². The van der Waals surface area contributed by atoms with Crippen LogP contribution in [0.3, 0.4) is 0 Å². The van der Waals surface area contributed by atoms with E-state index in [1.807, 2.05) is 0 Å². The predicted octanol–water partition coefficient (Wildman–Crippen LogP) is 6.20. The zero-order valence-corrected chi connectivity index (χ0v) is 20.3. The van der Waals surface area contributed by atoms with E-state index in [9.17, 15) is 4.79 Å². The number of Topliss-reactive ketones (excluding diaryl/α,β-unsaturated/α-hetero) is 1. The number of aromatic amines is 1. The van der Waals surface area contributed by atoms with Gasteiger partial charge in [-0.05, 0) is 79.1 Å². The fraction of sp³-hybridized carbons (Fsp3) is 0.414. The highest BCUT2D eigenvalue weighted by molar-refractivity contribution is 6.21. The number of hydrogen-bond acceptors (Lipinski definition) is 3. The van der Waals surface area contributed by atoms with E-state index in [0.29, 0.717) is 12.5 Å². The maximum Gasteiger partial charge on any atom is 0.163 e. The number of nitrogens with one attached hydrogen (secondary N) is 1. The fourth-order valence-electron chi connectivity index (χ4n) is 5.13. The summed E-state index contributed by atoms with van der Waals surface area (Å²) in [6, 6.07) is 18.1. The van der Waals surface area contributed by atoms with Crippen LogP contribution in [-0.4, -0.2) is 40.5 Å². The van der Waals surface area contributed by atoms with Crippen molar-refractivity contribution in [3.8, 4) is 11.1 Å². The first-order chi connectivity index (χ1) is 15.9. The number of rotatable bonds is 4. The van der Waals surface area contributed by atoms with Crippen LogP contribution >= 0.6 is 0 Å². The van der Waals surface area contributed by atoms with Gasteiger partial charge in [-0.1, -0.05) is 44.2 Å². The number of fused-ring (bicyclic) bond motifs is 1. The Balaban J connectivity index is 0.00000126. The largest absolute Gasteiger partial charge is 0.400 e. The molecule has 0 saturated carbocycles. The van der Waals surface area contributed by atoms with E-state index in [0.717, 1.165) is 36.8 Å². The number of carbonyl (C=O) groups excluding carboxylic acids is 1. The van der Waals surface area contributed by atoms with Gasteiger partial charge in [0.15, 0.2) is 5.78 Å². The minimum Gasteiger partial charge on any atom is -0.400 e. The van der Waals surface area contributed by atoms with E-state index in [1.54, 1.807) is 0 Å². The Hall–Kier alpha value is -2.69. The number of aromatic nitrogens is 1. The molecule has 2 heterocycles. The number of aliphatic hydroxyl groups is 1. The van der Waals surface area contributed by atoms with Crippen molar-refractivity contribution in [1.29, 1.82) is 0 Å². The van der Waals surface area contributed by atoms with Crippen LogP contribution in [0.15, 0.2) is 54.6 Å². The lowest BCUT2D eigenvalue weighted by molar-refractivity contribution is -0.114. The maximum absolute atomic E-state index is 12.6. The second-order valence-corrected chi connectivity index (χ2v) is 10.1. The number of carbonyl (C=O) groups is 1. The Bertz CT molecular complexity index is 1170. The number of H-pyrrole nitrogens is 1. The molecule has 3 aromatic rings. The van der Waals surface area contributed by atoms with Gasteiger partial charge in [-0.15, -0.1) is 0 Å². The molecular weight excluding hydrogens is 408 g/mol. The van der Waals surface area contributed by atoms with Crippen molar-refractivity contribution in [1.82, 2.24) is 9.88 Å². The molecule has 5 rings (SSSR count). The van der Waals surface area contributed by atoms with Crippen molar-refractivity contribution in [2.45, 2.75) is 59.0 Å². The summed E-state index contributed by atoms with van der Waals surface area (Å²) in [7, 11) is 1.00. The van der Waals surface area contributed by atoms with Crippen molar-refractivity contribution < 1.29 is 9.90 Å². The lowest BCUT2D eigenvalue weighted by Crippen LogP contribution is -2.26. The van der Waals surface area contributed by atoms with Gasteiger partial charge in [0.1, 0.15) is 0 Å². The number of nitrogens with zero attached hydrogens (tertiary/aromatic N) is 1. The van der Waals surface area contributed by atoms with Crippen molar-refractivity contribution >= 4 is 22.3 Å². The molecule has 4 heteroatoms. The highest BCUT2D eigenvalue weighted by Crippen LogP contribution is 2.36. The first kappa shape index (κ1) is 23.5. The van der Waals surface area contributed by atoms with Crippen molar-refractivity contribution in [2.24, 2.45) is 5.41 Å². The van der Waals surface area contributed by atoms with Crippen LogP contribution in [0.4, 0.5) is 0 Å². The molecule has 2 aliphatic rings. The zero-order chi connectivity index (χ0) is 23.6. The SMILES string of the molecule is CC1CCCN1Cc1cc2cc(-c3cccc(C4=CC(C)(C)CCC4=O)c3)ccc2[nH]1.CO. The molecule has 1 fully saturated rings. The summed E-state index contributed by atoms with van der Waals surface area (Å²) in [5, 5.41) is 8.25. The molecule has 0 amide bonds. The number of likely N-dealkylation sites (tertiary alicyclic amines) is 1. The van der Waals surface area contributed by atoms with Crippen LogP contribution in [0.2, 0.25) is 0 Å². The van der Waals surface area contributed by atoms with Crippen molar-refractivity contribution in [3.05, 3.63) is 65.9 Å². The molecular formula is C29H36N2O2. The fourth-order valence-corrected chi connectivity index (χ4v) is 5.13. The summed E-state index contributed by atoms with van der Waals surface area (Å²) >= 11 is 0. The lowest BCUT2D eigenvalue weighted by Gasteiger charge is -2.26. The molecule has 33 heavy (non-hydrogen) atoms. The highest BCUT2D eigenvalue weighted by Gasteiger charge is 2.26. The second kappa shape index (κ2) is 9.66. The van der Waals surface area contributed by atoms with E-state index < -0.39 is 0 Å². The third-order valence-corrected chi connectivity index (χ3v) is 7.08. The van der Waals surface area contributed by atoms with Crippen LogP contribution in [0.25, 0.3) is 27.6 Å². The van der Waals surface area contributed by atoms with Gasteiger partial charge in [0, 0.05) is 48.3 Å². The van der Waals surface area contributed by atoms with Gasteiger partial charge in [0.05, 0.1) is 0 Å². The summed E-state index contributed by atoms with van der Waals surface area (Å²) in [6.45, 7) is 8.94. The zero-order valence-electron chi connectivity index (χ0n) is 20.3. The molecule has 174 valence electrons. The molecule has 2 N–H and O–H groups in total. The Labute approximate surface area is 197 Å². The van der Waals surface area contributed by atoms with Gasteiger partial charge in [-0.2, -0.15) is 0 Å². The molecule has 1 unspecified atom stereocenters. The van der Waals surface area contributed by atoms with Gasteiger partial charge >= 0.3 is 0 Å². The van der Waals surface area contributed by atoms with Crippen LogP contribution in [0.5, 0.6) is 0 Å². The number of ketones is 1.